The van der Waals surface area contributed by atoms with Gasteiger partial charge in [-0.15, -0.1) is 0 Å². The summed E-state index contributed by atoms with van der Waals surface area (Å²) in [7, 11) is 0. The standard InChI is InChI=1S/C17H30N2/c18-14-10-15-5-2-6-16(11-14)19(15)17-8-12-3-1-4-13(7-12)9-17/h12-17H,1-11,18H2. The molecule has 0 amide bonds. The van der Waals surface area contributed by atoms with Crippen LogP contribution in [0, 0.1) is 11.8 Å². The van der Waals surface area contributed by atoms with E-state index in [4.69, 9.17) is 5.73 Å². The van der Waals surface area contributed by atoms with E-state index in [0.29, 0.717) is 6.04 Å². The largest absolute Gasteiger partial charge is 0.328 e. The highest BCUT2D eigenvalue weighted by Crippen LogP contribution is 2.45. The summed E-state index contributed by atoms with van der Waals surface area (Å²) in [6, 6.07) is 3.10. The van der Waals surface area contributed by atoms with Gasteiger partial charge in [-0.2, -0.15) is 0 Å². The van der Waals surface area contributed by atoms with Crippen molar-refractivity contribution in [3.8, 4) is 0 Å². The van der Waals surface area contributed by atoms with Crippen LogP contribution in [0.5, 0.6) is 0 Å². The summed E-state index contributed by atoms with van der Waals surface area (Å²) in [6.07, 6.45) is 16.0. The van der Waals surface area contributed by atoms with Crippen molar-refractivity contribution in [2.45, 2.75) is 94.8 Å². The molecular weight excluding hydrogens is 232 g/mol. The highest BCUT2D eigenvalue weighted by Gasteiger charge is 2.43. The molecule has 108 valence electrons. The van der Waals surface area contributed by atoms with Gasteiger partial charge in [-0.25, -0.2) is 0 Å². The molecule has 2 heterocycles. The zero-order valence-corrected chi connectivity index (χ0v) is 12.3. The fraction of sp³-hybridized carbons (Fsp3) is 1.00. The Morgan fingerprint density at radius 3 is 1.84 bits per heavy atom. The Hall–Kier alpha value is -0.0800. The topological polar surface area (TPSA) is 29.3 Å². The number of nitrogens with two attached hydrogens (primary N) is 1. The SMILES string of the molecule is NC1CC2CCCC(C1)N2C1CC2CCCC(C2)C1. The molecule has 4 aliphatic rings. The Balaban J connectivity index is 1.51. The van der Waals surface area contributed by atoms with Crippen LogP contribution in [0.4, 0.5) is 0 Å². The molecule has 2 nitrogen and oxygen atoms in total. The van der Waals surface area contributed by atoms with Gasteiger partial charge in [0.15, 0.2) is 0 Å². The van der Waals surface area contributed by atoms with Gasteiger partial charge in [0.05, 0.1) is 0 Å². The Bertz CT molecular complexity index is 303. The highest BCUT2D eigenvalue weighted by atomic mass is 15.2. The van der Waals surface area contributed by atoms with Crippen LogP contribution in [0.15, 0.2) is 0 Å². The predicted molar refractivity (Wildman–Crippen MR) is 78.9 cm³/mol. The molecule has 4 atom stereocenters. The molecule has 2 saturated heterocycles. The van der Waals surface area contributed by atoms with Crippen molar-refractivity contribution in [3.63, 3.8) is 0 Å². The summed E-state index contributed by atoms with van der Waals surface area (Å²) in [5, 5.41) is 0. The van der Waals surface area contributed by atoms with Crippen molar-refractivity contribution < 1.29 is 0 Å². The number of nitrogens with zero attached hydrogens (tertiary/aromatic N) is 1. The number of fused-ring (bicyclic) bond motifs is 4. The van der Waals surface area contributed by atoms with Crippen molar-refractivity contribution >= 4 is 0 Å². The molecule has 0 radical (unpaired) electrons. The van der Waals surface area contributed by atoms with E-state index in [1.54, 1.807) is 6.42 Å². The van der Waals surface area contributed by atoms with Gasteiger partial charge in [0, 0.05) is 24.2 Å². The molecule has 2 aliphatic carbocycles. The highest BCUT2D eigenvalue weighted by molar-refractivity contribution is 4.99. The molecule has 19 heavy (non-hydrogen) atoms. The molecule has 0 aromatic heterocycles. The summed E-state index contributed by atoms with van der Waals surface area (Å²) >= 11 is 0. The second kappa shape index (κ2) is 5.04. The second-order valence-corrected chi connectivity index (χ2v) is 7.94. The van der Waals surface area contributed by atoms with Crippen molar-refractivity contribution in [3.05, 3.63) is 0 Å². The molecule has 0 aromatic rings. The van der Waals surface area contributed by atoms with Gasteiger partial charge < -0.3 is 5.73 Å². The Morgan fingerprint density at radius 2 is 1.21 bits per heavy atom. The average molecular weight is 262 g/mol. The van der Waals surface area contributed by atoms with Crippen molar-refractivity contribution in [2.75, 3.05) is 0 Å². The Kier molecular flexibility index (Phi) is 3.35. The molecule has 0 aromatic carbocycles. The summed E-state index contributed by atoms with van der Waals surface area (Å²) in [4.78, 5) is 2.98. The zero-order valence-electron chi connectivity index (χ0n) is 12.3. The quantitative estimate of drug-likeness (QED) is 0.785. The van der Waals surface area contributed by atoms with Gasteiger partial charge >= 0.3 is 0 Å². The minimum absolute atomic E-state index is 0.495. The third-order valence-electron chi connectivity index (χ3n) is 6.59. The van der Waals surface area contributed by atoms with Crippen LogP contribution in [0.1, 0.15) is 70.6 Å². The number of hydrogen-bond acceptors (Lipinski definition) is 2. The first kappa shape index (κ1) is 12.6. The van der Waals surface area contributed by atoms with Gasteiger partial charge in [-0.1, -0.05) is 25.7 Å². The van der Waals surface area contributed by atoms with Crippen LogP contribution >= 0.6 is 0 Å². The summed E-state index contributed by atoms with van der Waals surface area (Å²) in [5.41, 5.74) is 6.28. The van der Waals surface area contributed by atoms with Gasteiger partial charge in [0.2, 0.25) is 0 Å². The van der Waals surface area contributed by atoms with Gasteiger partial charge in [0.1, 0.15) is 0 Å². The second-order valence-electron chi connectivity index (χ2n) is 7.94. The lowest BCUT2D eigenvalue weighted by Crippen LogP contribution is -2.60. The van der Waals surface area contributed by atoms with E-state index in [0.717, 1.165) is 30.0 Å². The molecule has 4 fully saturated rings. The lowest BCUT2D eigenvalue weighted by atomic mass is 9.68. The van der Waals surface area contributed by atoms with Crippen molar-refractivity contribution in [1.82, 2.24) is 4.90 Å². The maximum Gasteiger partial charge on any atom is 0.0116 e. The number of rotatable bonds is 1. The third kappa shape index (κ3) is 2.35. The normalized spacial score (nSPS) is 51.0. The Morgan fingerprint density at radius 1 is 0.632 bits per heavy atom. The van der Waals surface area contributed by atoms with Gasteiger partial charge in [0.25, 0.3) is 0 Å². The first-order chi connectivity index (χ1) is 9.29. The van der Waals surface area contributed by atoms with Crippen molar-refractivity contribution in [1.29, 1.82) is 0 Å². The lowest BCUT2D eigenvalue weighted by Gasteiger charge is -2.55. The molecule has 2 heteroatoms. The van der Waals surface area contributed by atoms with Crippen LogP contribution in [-0.4, -0.2) is 29.1 Å². The van der Waals surface area contributed by atoms with Crippen LogP contribution < -0.4 is 5.73 Å². The first-order valence-corrected chi connectivity index (χ1v) is 8.82. The monoisotopic (exact) mass is 262 g/mol. The third-order valence-corrected chi connectivity index (χ3v) is 6.59. The molecule has 4 bridgehead atoms. The van der Waals surface area contributed by atoms with Gasteiger partial charge in [-0.05, 0) is 56.8 Å². The average Bonchev–Trinajstić information content (AvgIpc) is 2.37. The lowest BCUT2D eigenvalue weighted by molar-refractivity contribution is -0.0401. The number of piperidine rings is 2. The smallest absolute Gasteiger partial charge is 0.0116 e. The van der Waals surface area contributed by atoms with E-state index in [1.165, 1.54) is 64.2 Å². The maximum atomic E-state index is 6.28. The summed E-state index contributed by atoms with van der Waals surface area (Å²) in [6.45, 7) is 0. The minimum atomic E-state index is 0.495. The summed E-state index contributed by atoms with van der Waals surface area (Å²) < 4.78 is 0. The van der Waals surface area contributed by atoms with Crippen LogP contribution in [0.2, 0.25) is 0 Å². The van der Waals surface area contributed by atoms with Crippen molar-refractivity contribution in [2.24, 2.45) is 17.6 Å². The molecule has 0 spiro atoms. The zero-order chi connectivity index (χ0) is 12.8. The Labute approximate surface area is 118 Å². The fourth-order valence-electron chi connectivity index (χ4n) is 6.00. The molecule has 2 saturated carbocycles. The van der Waals surface area contributed by atoms with Crippen LogP contribution in [0.3, 0.4) is 0 Å². The molecular formula is C17H30N2. The van der Waals surface area contributed by atoms with Gasteiger partial charge in [-0.3, -0.25) is 4.90 Å². The predicted octanol–water partition coefficient (Wildman–Crippen LogP) is 3.30. The number of hydrogen-bond donors (Lipinski definition) is 1. The summed E-state index contributed by atoms with van der Waals surface area (Å²) in [5.74, 6) is 2.13. The van der Waals surface area contributed by atoms with E-state index >= 15 is 0 Å². The fourth-order valence-corrected chi connectivity index (χ4v) is 6.00. The molecule has 2 aliphatic heterocycles. The molecule has 4 rings (SSSR count). The van der Waals surface area contributed by atoms with E-state index in [2.05, 4.69) is 4.90 Å². The van der Waals surface area contributed by atoms with E-state index in [1.807, 2.05) is 0 Å². The molecule has 4 unspecified atom stereocenters. The minimum Gasteiger partial charge on any atom is -0.328 e. The van der Waals surface area contributed by atoms with Crippen LogP contribution in [-0.2, 0) is 0 Å². The van der Waals surface area contributed by atoms with E-state index in [9.17, 15) is 0 Å². The molecule has 2 N–H and O–H groups in total. The van der Waals surface area contributed by atoms with Crippen LogP contribution in [0.25, 0.3) is 0 Å². The van der Waals surface area contributed by atoms with E-state index < -0.39 is 0 Å². The van der Waals surface area contributed by atoms with E-state index in [-0.39, 0.29) is 0 Å². The first-order valence-electron chi connectivity index (χ1n) is 8.82. The maximum absolute atomic E-state index is 6.28.